The van der Waals surface area contributed by atoms with Crippen molar-refractivity contribution in [2.24, 2.45) is 5.92 Å². The predicted octanol–water partition coefficient (Wildman–Crippen LogP) is 5.65. The van der Waals surface area contributed by atoms with Gasteiger partial charge in [-0.05, 0) is 74.6 Å². The van der Waals surface area contributed by atoms with Crippen LogP contribution in [0, 0.1) is 12.8 Å². The number of hydrogen-bond donors (Lipinski definition) is 1. The summed E-state index contributed by atoms with van der Waals surface area (Å²) in [5.41, 5.74) is 2.14. The highest BCUT2D eigenvalue weighted by atomic mass is 16.5. The zero-order valence-corrected chi connectivity index (χ0v) is 20.9. The molecule has 1 amide bonds. The second-order valence-corrected chi connectivity index (χ2v) is 9.42. The van der Waals surface area contributed by atoms with E-state index in [1.807, 2.05) is 52.0 Å². The lowest BCUT2D eigenvalue weighted by atomic mass is 9.94. The minimum atomic E-state index is -0.687. The van der Waals surface area contributed by atoms with E-state index in [1.165, 1.54) is 4.90 Å². The van der Waals surface area contributed by atoms with E-state index in [4.69, 9.17) is 9.47 Å². The van der Waals surface area contributed by atoms with Gasteiger partial charge in [0.05, 0.1) is 24.3 Å². The van der Waals surface area contributed by atoms with Gasteiger partial charge in [0.15, 0.2) is 0 Å². The van der Waals surface area contributed by atoms with Gasteiger partial charge in [-0.1, -0.05) is 32.9 Å². The Morgan fingerprint density at radius 2 is 1.82 bits per heavy atom. The highest BCUT2D eigenvalue weighted by Crippen LogP contribution is 2.40. The van der Waals surface area contributed by atoms with E-state index in [-0.39, 0.29) is 17.4 Å². The first-order valence-electron chi connectivity index (χ1n) is 11.9. The Bertz CT molecular complexity index is 1090. The van der Waals surface area contributed by atoms with Gasteiger partial charge in [0, 0.05) is 12.1 Å². The number of aliphatic hydroxyl groups is 1. The van der Waals surface area contributed by atoms with Crippen molar-refractivity contribution in [1.29, 1.82) is 0 Å². The summed E-state index contributed by atoms with van der Waals surface area (Å²) in [6.45, 7) is 12.9. The molecule has 2 aromatic carbocycles. The van der Waals surface area contributed by atoms with Crippen LogP contribution in [0.15, 0.2) is 48.0 Å². The fourth-order valence-corrected chi connectivity index (χ4v) is 4.10. The average molecular weight is 466 g/mol. The first-order chi connectivity index (χ1) is 16.1. The van der Waals surface area contributed by atoms with Crippen molar-refractivity contribution in [1.82, 2.24) is 4.90 Å². The van der Waals surface area contributed by atoms with Crippen LogP contribution in [0.25, 0.3) is 5.76 Å². The van der Waals surface area contributed by atoms with Crippen LogP contribution >= 0.6 is 0 Å². The average Bonchev–Trinajstić information content (AvgIpc) is 3.02. The molecule has 0 aromatic heterocycles. The Morgan fingerprint density at radius 3 is 2.44 bits per heavy atom. The second kappa shape index (κ2) is 10.8. The van der Waals surface area contributed by atoms with Gasteiger partial charge in [-0.25, -0.2) is 0 Å². The highest BCUT2D eigenvalue weighted by molar-refractivity contribution is 6.46. The van der Waals surface area contributed by atoms with E-state index >= 15 is 0 Å². The maximum atomic E-state index is 13.1. The van der Waals surface area contributed by atoms with Crippen molar-refractivity contribution in [3.63, 3.8) is 0 Å². The van der Waals surface area contributed by atoms with Crippen molar-refractivity contribution in [2.75, 3.05) is 13.2 Å². The summed E-state index contributed by atoms with van der Waals surface area (Å²) >= 11 is 0. The number of aliphatic hydroxyl groups excluding tert-OH is 1. The van der Waals surface area contributed by atoms with Gasteiger partial charge < -0.3 is 19.5 Å². The highest BCUT2D eigenvalue weighted by Gasteiger charge is 2.45. The summed E-state index contributed by atoms with van der Waals surface area (Å²) in [6, 6.07) is 12.0. The Kier molecular flexibility index (Phi) is 8.02. The van der Waals surface area contributed by atoms with Gasteiger partial charge in [0.25, 0.3) is 11.7 Å². The molecule has 0 bridgehead atoms. The first kappa shape index (κ1) is 25.3. The molecule has 1 atom stereocenters. The minimum Gasteiger partial charge on any atom is -0.507 e. The van der Waals surface area contributed by atoms with Crippen molar-refractivity contribution >= 4 is 17.4 Å². The van der Waals surface area contributed by atoms with E-state index in [0.717, 1.165) is 16.9 Å². The minimum absolute atomic E-state index is 0.0170. The standard InChI is InChI=1S/C28H35NO5/c1-7-13-29-25(20-9-8-10-22(15-20)34-18(4)5)24(27(31)28(29)32)26(30)21-11-12-23(19(6)14-21)33-16-17(2)3/h8-12,14-15,17-18,25,30H,7,13,16H2,1-6H3/b26-24+. The molecule has 0 spiro atoms. The number of Topliss-reactive ketones (excluding diaryl/α,β-unsaturated/α-hetero) is 1. The topological polar surface area (TPSA) is 76.1 Å². The van der Waals surface area contributed by atoms with Gasteiger partial charge in [0.2, 0.25) is 0 Å². The van der Waals surface area contributed by atoms with Crippen LogP contribution < -0.4 is 9.47 Å². The van der Waals surface area contributed by atoms with Crippen molar-refractivity contribution in [3.05, 3.63) is 64.7 Å². The summed E-state index contributed by atoms with van der Waals surface area (Å²) in [5.74, 6) is 0.304. The van der Waals surface area contributed by atoms with Crippen LogP contribution in [0.1, 0.15) is 63.8 Å². The van der Waals surface area contributed by atoms with Gasteiger partial charge in [-0.2, -0.15) is 0 Å². The third-order valence-electron chi connectivity index (χ3n) is 5.57. The van der Waals surface area contributed by atoms with Crippen LogP contribution in [-0.2, 0) is 9.59 Å². The molecule has 2 aromatic rings. The first-order valence-corrected chi connectivity index (χ1v) is 11.9. The fraction of sp³-hybridized carbons (Fsp3) is 0.429. The van der Waals surface area contributed by atoms with Crippen molar-refractivity contribution < 1.29 is 24.2 Å². The zero-order valence-electron chi connectivity index (χ0n) is 20.9. The number of ether oxygens (including phenoxy) is 2. The molecular formula is C28H35NO5. The quantitative estimate of drug-likeness (QED) is 0.294. The molecule has 182 valence electrons. The molecule has 1 aliphatic rings. The number of nitrogens with zero attached hydrogens (tertiary/aromatic N) is 1. The van der Waals surface area contributed by atoms with Crippen LogP contribution in [0.2, 0.25) is 0 Å². The largest absolute Gasteiger partial charge is 0.507 e. The molecule has 3 rings (SSSR count). The molecule has 0 aliphatic carbocycles. The molecule has 6 nitrogen and oxygen atoms in total. The van der Waals surface area contributed by atoms with Gasteiger partial charge >= 0.3 is 0 Å². The number of rotatable bonds is 9. The lowest BCUT2D eigenvalue weighted by Crippen LogP contribution is -2.30. The Balaban J connectivity index is 2.08. The molecule has 1 aliphatic heterocycles. The summed E-state index contributed by atoms with van der Waals surface area (Å²) in [5, 5.41) is 11.3. The Hall–Kier alpha value is -3.28. The third kappa shape index (κ3) is 5.44. The maximum Gasteiger partial charge on any atom is 0.295 e. The Labute approximate surface area is 202 Å². The molecule has 1 N–H and O–H groups in total. The van der Waals surface area contributed by atoms with Crippen LogP contribution in [-0.4, -0.2) is 41.0 Å². The number of hydrogen-bond acceptors (Lipinski definition) is 5. The van der Waals surface area contributed by atoms with E-state index in [0.29, 0.717) is 36.8 Å². The van der Waals surface area contributed by atoms with Gasteiger partial charge in [-0.3, -0.25) is 9.59 Å². The molecule has 0 saturated carbocycles. The van der Waals surface area contributed by atoms with E-state index in [2.05, 4.69) is 13.8 Å². The number of carbonyl (C=O) groups is 2. The van der Waals surface area contributed by atoms with E-state index in [1.54, 1.807) is 18.2 Å². The predicted molar refractivity (Wildman–Crippen MR) is 133 cm³/mol. The molecule has 1 heterocycles. The van der Waals surface area contributed by atoms with Gasteiger partial charge in [0.1, 0.15) is 17.3 Å². The summed E-state index contributed by atoms with van der Waals surface area (Å²) in [6.07, 6.45) is 0.670. The molecule has 1 saturated heterocycles. The number of benzene rings is 2. The van der Waals surface area contributed by atoms with Crippen LogP contribution in [0.3, 0.4) is 0 Å². The number of amides is 1. The number of ketones is 1. The molecule has 0 radical (unpaired) electrons. The van der Waals surface area contributed by atoms with Gasteiger partial charge in [-0.15, -0.1) is 0 Å². The molecule has 1 unspecified atom stereocenters. The van der Waals surface area contributed by atoms with E-state index < -0.39 is 17.7 Å². The maximum absolute atomic E-state index is 13.1. The summed E-state index contributed by atoms with van der Waals surface area (Å²) in [4.78, 5) is 27.6. The number of carbonyl (C=O) groups excluding carboxylic acids is 2. The van der Waals surface area contributed by atoms with Crippen LogP contribution in [0.4, 0.5) is 0 Å². The SMILES string of the molecule is CCCN1C(=O)C(=O)/C(=C(/O)c2ccc(OCC(C)C)c(C)c2)C1c1cccc(OC(C)C)c1. The lowest BCUT2D eigenvalue weighted by Gasteiger charge is -2.25. The normalized spacial score (nSPS) is 17.6. The monoisotopic (exact) mass is 465 g/mol. The molecular weight excluding hydrogens is 430 g/mol. The third-order valence-corrected chi connectivity index (χ3v) is 5.57. The lowest BCUT2D eigenvalue weighted by molar-refractivity contribution is -0.139. The Morgan fingerprint density at radius 1 is 1.09 bits per heavy atom. The summed E-state index contributed by atoms with van der Waals surface area (Å²) < 4.78 is 11.7. The van der Waals surface area contributed by atoms with E-state index in [9.17, 15) is 14.7 Å². The molecule has 34 heavy (non-hydrogen) atoms. The summed E-state index contributed by atoms with van der Waals surface area (Å²) in [7, 11) is 0. The molecule has 6 heteroatoms. The number of aryl methyl sites for hydroxylation is 1. The second-order valence-electron chi connectivity index (χ2n) is 9.42. The fourth-order valence-electron chi connectivity index (χ4n) is 4.10. The zero-order chi connectivity index (χ0) is 25.0. The van der Waals surface area contributed by atoms with Crippen molar-refractivity contribution in [2.45, 2.75) is 60.1 Å². The molecule has 1 fully saturated rings. The smallest absolute Gasteiger partial charge is 0.295 e. The van der Waals surface area contributed by atoms with Crippen LogP contribution in [0.5, 0.6) is 11.5 Å². The number of likely N-dealkylation sites (tertiary alicyclic amines) is 1. The van der Waals surface area contributed by atoms with Crippen molar-refractivity contribution in [3.8, 4) is 11.5 Å².